The number of hydrogen-bond donors (Lipinski definition) is 0. The van der Waals surface area contributed by atoms with Crippen molar-refractivity contribution in [2.75, 3.05) is 63.9 Å². The number of rotatable bonds is 5. The summed E-state index contributed by atoms with van der Waals surface area (Å²) < 4.78 is 47.9. The van der Waals surface area contributed by atoms with Crippen LogP contribution in [0.4, 0.5) is 19.0 Å². The zero-order valence-electron chi connectivity index (χ0n) is 21.4. The molecular formula is C25H30F3N9O. The van der Waals surface area contributed by atoms with Crippen LogP contribution in [0.1, 0.15) is 11.6 Å². The van der Waals surface area contributed by atoms with Crippen LogP contribution < -0.4 is 4.90 Å². The molecule has 0 radical (unpaired) electrons. The van der Waals surface area contributed by atoms with E-state index in [1.807, 2.05) is 47.4 Å². The number of anilines is 1. The molecule has 0 bridgehead atoms. The Hall–Kier alpha value is -3.29. The van der Waals surface area contributed by atoms with Gasteiger partial charge in [0, 0.05) is 46.3 Å². The maximum atomic E-state index is 12.8. The molecule has 2 saturated heterocycles. The van der Waals surface area contributed by atoms with Gasteiger partial charge in [0.25, 0.3) is 0 Å². The highest BCUT2D eigenvalue weighted by molar-refractivity contribution is 5.86. The van der Waals surface area contributed by atoms with Crippen LogP contribution in [0.5, 0.6) is 0 Å². The number of imidazole rings is 2. The minimum absolute atomic E-state index is 0.374. The average Bonchev–Trinajstić information content (AvgIpc) is 3.40. The standard InChI is InChI=1S/C25H30F3N9O/c1-17-29-18-5-3-4-6-19(18)37(17)24-31-22-21(23(32-24)36-11-13-38-14-12-36)30-20(33(22)2)15-34-7-9-35(10-8-34)16-25(26,27)28/h3-6H,7-16H2,1-2H3. The Morgan fingerprint density at radius 1 is 0.895 bits per heavy atom. The lowest BCUT2D eigenvalue weighted by Gasteiger charge is -2.34. The average molecular weight is 530 g/mol. The summed E-state index contributed by atoms with van der Waals surface area (Å²) in [4.78, 5) is 25.4. The van der Waals surface area contributed by atoms with E-state index in [2.05, 4.69) is 9.80 Å². The molecule has 2 aliphatic heterocycles. The van der Waals surface area contributed by atoms with E-state index >= 15 is 0 Å². The molecule has 1 aromatic carbocycles. The van der Waals surface area contributed by atoms with E-state index in [0.29, 0.717) is 76.1 Å². The molecule has 0 spiro atoms. The minimum atomic E-state index is -4.18. The van der Waals surface area contributed by atoms with Crippen LogP contribution >= 0.6 is 0 Å². The number of fused-ring (bicyclic) bond motifs is 2. The van der Waals surface area contributed by atoms with Crippen molar-refractivity contribution in [1.82, 2.24) is 38.9 Å². The maximum absolute atomic E-state index is 12.8. The third-order valence-corrected chi connectivity index (χ3v) is 7.25. The van der Waals surface area contributed by atoms with Gasteiger partial charge >= 0.3 is 6.18 Å². The van der Waals surface area contributed by atoms with Crippen LogP contribution in [-0.4, -0.2) is 104 Å². The Labute approximate surface area is 217 Å². The van der Waals surface area contributed by atoms with E-state index in [1.165, 1.54) is 4.90 Å². The molecule has 0 atom stereocenters. The number of morpholine rings is 1. The number of aryl methyl sites for hydroxylation is 2. The number of benzene rings is 1. The molecule has 38 heavy (non-hydrogen) atoms. The summed E-state index contributed by atoms with van der Waals surface area (Å²) >= 11 is 0. The first-order valence-electron chi connectivity index (χ1n) is 12.8. The molecule has 0 unspecified atom stereocenters. The molecule has 0 amide bonds. The van der Waals surface area contributed by atoms with E-state index < -0.39 is 12.7 Å². The quantitative estimate of drug-likeness (QED) is 0.390. The van der Waals surface area contributed by atoms with Crippen LogP contribution in [0.3, 0.4) is 0 Å². The monoisotopic (exact) mass is 529 g/mol. The van der Waals surface area contributed by atoms with Crippen molar-refractivity contribution in [1.29, 1.82) is 0 Å². The minimum Gasteiger partial charge on any atom is -0.378 e. The fraction of sp³-hybridized carbons (Fsp3) is 0.520. The van der Waals surface area contributed by atoms with Gasteiger partial charge in [-0.15, -0.1) is 0 Å². The highest BCUT2D eigenvalue weighted by Crippen LogP contribution is 2.28. The van der Waals surface area contributed by atoms with E-state index in [1.54, 1.807) is 0 Å². The first-order valence-corrected chi connectivity index (χ1v) is 12.8. The molecule has 3 aromatic heterocycles. The number of alkyl halides is 3. The first kappa shape index (κ1) is 25.0. The van der Waals surface area contributed by atoms with E-state index in [-0.39, 0.29) is 0 Å². The molecule has 0 N–H and O–H groups in total. The highest BCUT2D eigenvalue weighted by Gasteiger charge is 2.32. The Balaban J connectivity index is 1.36. The van der Waals surface area contributed by atoms with Crippen LogP contribution in [0.2, 0.25) is 0 Å². The van der Waals surface area contributed by atoms with Crippen molar-refractivity contribution in [3.05, 3.63) is 35.9 Å². The fourth-order valence-corrected chi connectivity index (χ4v) is 5.28. The largest absolute Gasteiger partial charge is 0.401 e. The molecule has 5 heterocycles. The fourth-order valence-electron chi connectivity index (χ4n) is 5.28. The molecule has 10 nitrogen and oxygen atoms in total. The SMILES string of the molecule is Cc1nc2ccccc2n1-c1nc(N2CCOCC2)c2nc(CN3CCN(CC(F)(F)F)CC3)n(C)c2n1. The highest BCUT2D eigenvalue weighted by atomic mass is 19.4. The second-order valence-corrected chi connectivity index (χ2v) is 9.86. The van der Waals surface area contributed by atoms with Crippen molar-refractivity contribution >= 4 is 28.0 Å². The topological polar surface area (TPSA) is 80.4 Å². The van der Waals surface area contributed by atoms with Crippen LogP contribution in [0.15, 0.2) is 24.3 Å². The molecule has 0 aliphatic carbocycles. The van der Waals surface area contributed by atoms with Gasteiger partial charge in [-0.3, -0.25) is 14.4 Å². The number of nitrogens with zero attached hydrogens (tertiary/aromatic N) is 9. The van der Waals surface area contributed by atoms with E-state index in [4.69, 9.17) is 24.7 Å². The van der Waals surface area contributed by atoms with Crippen molar-refractivity contribution in [2.45, 2.75) is 19.6 Å². The Morgan fingerprint density at radius 3 is 2.34 bits per heavy atom. The molecule has 6 rings (SSSR count). The van der Waals surface area contributed by atoms with Crippen molar-refractivity contribution in [3.8, 4) is 5.95 Å². The Bertz CT molecular complexity index is 1450. The number of para-hydroxylation sites is 2. The maximum Gasteiger partial charge on any atom is 0.401 e. The summed E-state index contributed by atoms with van der Waals surface area (Å²) in [6.45, 7) is 6.05. The van der Waals surface area contributed by atoms with Gasteiger partial charge in [-0.25, -0.2) is 9.97 Å². The van der Waals surface area contributed by atoms with E-state index in [0.717, 1.165) is 28.5 Å². The van der Waals surface area contributed by atoms with Gasteiger partial charge < -0.3 is 14.2 Å². The normalized spacial score (nSPS) is 18.2. The molecule has 13 heteroatoms. The lowest BCUT2D eigenvalue weighted by atomic mass is 10.3. The number of aromatic nitrogens is 6. The van der Waals surface area contributed by atoms with E-state index in [9.17, 15) is 13.2 Å². The third kappa shape index (κ3) is 4.81. The summed E-state index contributed by atoms with van der Waals surface area (Å²) in [7, 11) is 1.93. The molecule has 202 valence electrons. The van der Waals surface area contributed by atoms with Crippen LogP contribution in [0.25, 0.3) is 28.1 Å². The lowest BCUT2D eigenvalue weighted by Crippen LogP contribution is -2.48. The molecule has 2 aliphatic rings. The smallest absolute Gasteiger partial charge is 0.378 e. The molecule has 2 fully saturated rings. The summed E-state index contributed by atoms with van der Waals surface area (Å²) in [5.41, 5.74) is 3.22. The summed E-state index contributed by atoms with van der Waals surface area (Å²) in [6.07, 6.45) is -4.18. The molecular weight excluding hydrogens is 499 g/mol. The molecule has 0 saturated carbocycles. The zero-order chi connectivity index (χ0) is 26.4. The lowest BCUT2D eigenvalue weighted by molar-refractivity contribution is -0.149. The summed E-state index contributed by atoms with van der Waals surface area (Å²) in [5.74, 6) is 2.87. The predicted molar refractivity (Wildman–Crippen MR) is 136 cm³/mol. The Kier molecular flexibility index (Phi) is 6.44. The summed E-state index contributed by atoms with van der Waals surface area (Å²) in [6, 6.07) is 7.90. The zero-order valence-corrected chi connectivity index (χ0v) is 21.4. The second-order valence-electron chi connectivity index (χ2n) is 9.86. The van der Waals surface area contributed by atoms with Gasteiger partial charge in [0.1, 0.15) is 11.6 Å². The van der Waals surface area contributed by atoms with Gasteiger partial charge in [0.2, 0.25) is 5.95 Å². The van der Waals surface area contributed by atoms with Gasteiger partial charge in [-0.1, -0.05) is 12.1 Å². The first-order chi connectivity index (χ1) is 18.3. The van der Waals surface area contributed by atoms with Gasteiger partial charge in [0.15, 0.2) is 17.0 Å². The summed E-state index contributed by atoms with van der Waals surface area (Å²) in [5, 5.41) is 0. The number of ether oxygens (including phenoxy) is 1. The Morgan fingerprint density at radius 2 is 1.61 bits per heavy atom. The number of halogens is 3. The van der Waals surface area contributed by atoms with Gasteiger partial charge in [-0.2, -0.15) is 23.1 Å². The number of piperazine rings is 1. The predicted octanol–water partition coefficient (Wildman–Crippen LogP) is 2.53. The van der Waals surface area contributed by atoms with Crippen LogP contribution in [0, 0.1) is 6.92 Å². The van der Waals surface area contributed by atoms with Crippen molar-refractivity contribution in [2.24, 2.45) is 7.05 Å². The van der Waals surface area contributed by atoms with Crippen molar-refractivity contribution < 1.29 is 17.9 Å². The van der Waals surface area contributed by atoms with Gasteiger partial charge in [0.05, 0.1) is 37.3 Å². The van der Waals surface area contributed by atoms with Crippen LogP contribution in [-0.2, 0) is 18.3 Å². The van der Waals surface area contributed by atoms with Gasteiger partial charge in [-0.05, 0) is 19.1 Å². The second kappa shape index (κ2) is 9.79. The van der Waals surface area contributed by atoms with Crippen molar-refractivity contribution in [3.63, 3.8) is 0 Å². The third-order valence-electron chi connectivity index (χ3n) is 7.25. The number of hydrogen-bond acceptors (Lipinski definition) is 8. The molecule has 4 aromatic rings.